The molecule has 59 heavy (non-hydrogen) atoms. The van der Waals surface area contributed by atoms with Crippen molar-refractivity contribution >= 4 is 65.6 Å². The molecule has 0 fully saturated rings. The Kier molecular flexibility index (Phi) is 7.05. The van der Waals surface area contributed by atoms with Crippen LogP contribution in [-0.2, 0) is 10.8 Å². The predicted octanol–water partition coefficient (Wildman–Crippen LogP) is 13.6. The summed E-state index contributed by atoms with van der Waals surface area (Å²) in [5.41, 5.74) is 12.2. The molecule has 0 spiro atoms. The molecule has 0 unspecified atom stereocenters. The van der Waals surface area contributed by atoms with E-state index in [9.17, 15) is 0 Å². The number of hydrogen-bond donors (Lipinski definition) is 0. The van der Waals surface area contributed by atoms with E-state index < -0.39 is 0 Å². The highest BCUT2D eigenvalue weighted by Crippen LogP contribution is 2.50. The van der Waals surface area contributed by atoms with Gasteiger partial charge in [-0.15, -0.1) is 0 Å². The lowest BCUT2D eigenvalue weighted by Gasteiger charge is -2.42. The second kappa shape index (κ2) is 12.2. The van der Waals surface area contributed by atoms with Crippen molar-refractivity contribution in [2.24, 2.45) is 0 Å². The maximum atomic E-state index is 6.20. The number of fused-ring (bicyclic) bond motifs is 11. The molecule has 0 radical (unpaired) electrons. The summed E-state index contributed by atoms with van der Waals surface area (Å²) >= 11 is 0. The molecule has 284 valence electrons. The summed E-state index contributed by atoms with van der Waals surface area (Å²) in [6, 6.07) is 53.7. The van der Waals surface area contributed by atoms with Crippen LogP contribution in [0.2, 0.25) is 0 Å². The second-order valence-electron chi connectivity index (χ2n) is 17.5. The van der Waals surface area contributed by atoms with E-state index in [1.165, 1.54) is 38.3 Å². The average molecular weight is 764 g/mol. The highest BCUT2D eigenvalue weighted by Gasteiger charge is 2.38. The third-order valence-electron chi connectivity index (χ3n) is 13.0. The fourth-order valence-corrected chi connectivity index (χ4v) is 9.87. The van der Waals surface area contributed by atoms with Gasteiger partial charge in [0.15, 0.2) is 11.6 Å². The number of hydrogen-bond acceptors (Lipinski definition) is 4. The zero-order valence-electron chi connectivity index (χ0n) is 33.5. The Bertz CT molecular complexity index is 3500. The van der Waals surface area contributed by atoms with Gasteiger partial charge in [0.1, 0.15) is 11.2 Å². The minimum Gasteiger partial charge on any atom is -0.456 e. The van der Waals surface area contributed by atoms with Gasteiger partial charge in [-0.2, -0.15) is 9.97 Å². The molecule has 7 aromatic carbocycles. The Labute approximate surface area is 341 Å². The van der Waals surface area contributed by atoms with E-state index in [2.05, 4.69) is 146 Å². The summed E-state index contributed by atoms with van der Waals surface area (Å²) in [5.74, 6) is 1.79. The van der Waals surface area contributed by atoms with Gasteiger partial charge < -0.3 is 8.98 Å². The number of furan rings is 1. The highest BCUT2D eigenvalue weighted by molar-refractivity contribution is 6.29. The molecule has 0 aliphatic heterocycles. The van der Waals surface area contributed by atoms with Crippen LogP contribution < -0.4 is 0 Å². The largest absolute Gasteiger partial charge is 0.456 e. The molecule has 0 saturated carbocycles. The first-order chi connectivity index (χ1) is 28.7. The first kappa shape index (κ1) is 34.0. The smallest absolute Gasteiger partial charge is 0.238 e. The van der Waals surface area contributed by atoms with Crippen LogP contribution in [0.15, 0.2) is 156 Å². The van der Waals surface area contributed by atoms with Crippen molar-refractivity contribution in [1.29, 1.82) is 0 Å². The van der Waals surface area contributed by atoms with E-state index in [1.807, 2.05) is 42.5 Å². The van der Waals surface area contributed by atoms with Gasteiger partial charge >= 0.3 is 0 Å². The molecule has 11 aromatic rings. The minimum absolute atomic E-state index is 0.0585. The third kappa shape index (κ3) is 5.02. The van der Waals surface area contributed by atoms with Gasteiger partial charge in [0.05, 0.1) is 22.1 Å². The van der Waals surface area contributed by atoms with Crippen molar-refractivity contribution in [2.45, 2.75) is 51.4 Å². The monoisotopic (exact) mass is 763 g/mol. The molecular formula is C53H41N5O. The van der Waals surface area contributed by atoms with E-state index in [-0.39, 0.29) is 10.8 Å². The van der Waals surface area contributed by atoms with Gasteiger partial charge in [0.25, 0.3) is 0 Å². The molecule has 12 rings (SSSR count). The average Bonchev–Trinajstić information content (AvgIpc) is 3.92. The predicted molar refractivity (Wildman–Crippen MR) is 242 cm³/mol. The Hall–Kier alpha value is -7.05. The van der Waals surface area contributed by atoms with E-state index in [0.717, 1.165) is 68.0 Å². The summed E-state index contributed by atoms with van der Waals surface area (Å²) in [6.07, 6.45) is 2.31. The van der Waals surface area contributed by atoms with Gasteiger partial charge in [-0.05, 0) is 102 Å². The first-order valence-corrected chi connectivity index (χ1v) is 20.6. The van der Waals surface area contributed by atoms with Crippen LogP contribution in [0.5, 0.6) is 0 Å². The summed E-state index contributed by atoms with van der Waals surface area (Å²) in [5, 5.41) is 6.96. The zero-order valence-corrected chi connectivity index (χ0v) is 33.5. The van der Waals surface area contributed by atoms with Gasteiger partial charge in [-0.1, -0.05) is 113 Å². The molecule has 0 N–H and O–H groups in total. The summed E-state index contributed by atoms with van der Waals surface area (Å²) in [4.78, 5) is 15.8. The van der Waals surface area contributed by atoms with Crippen LogP contribution in [0.4, 0.5) is 0 Å². The molecule has 6 nitrogen and oxygen atoms in total. The molecule has 0 amide bonds. The van der Waals surface area contributed by atoms with Crippen LogP contribution in [0.1, 0.15) is 51.7 Å². The van der Waals surface area contributed by atoms with Crippen molar-refractivity contribution in [2.75, 3.05) is 0 Å². The van der Waals surface area contributed by atoms with Crippen molar-refractivity contribution in [3.05, 3.63) is 163 Å². The van der Waals surface area contributed by atoms with E-state index in [1.54, 1.807) is 0 Å². The van der Waals surface area contributed by atoms with Crippen LogP contribution in [0.25, 0.3) is 100.0 Å². The SMILES string of the molecule is CC1(C)CCC(C)(C)c2cc3c(cc21)c1c2c4ccccc4n(-c4nc(-c5ccccc5)nc(-c5ccc6oc7ccccc7c6c5)n4)c2ccc1n3-c1ccccc1. The fourth-order valence-electron chi connectivity index (χ4n) is 9.87. The fraction of sp³-hybridized carbons (Fsp3) is 0.151. The second-order valence-corrected chi connectivity index (χ2v) is 17.5. The number of aromatic nitrogens is 5. The van der Waals surface area contributed by atoms with Crippen LogP contribution >= 0.6 is 0 Å². The maximum Gasteiger partial charge on any atom is 0.238 e. The van der Waals surface area contributed by atoms with E-state index >= 15 is 0 Å². The Morgan fingerprint density at radius 1 is 0.441 bits per heavy atom. The third-order valence-corrected chi connectivity index (χ3v) is 13.0. The van der Waals surface area contributed by atoms with Crippen LogP contribution in [-0.4, -0.2) is 24.1 Å². The lowest BCUT2D eigenvalue weighted by atomic mass is 9.63. The van der Waals surface area contributed by atoms with E-state index in [4.69, 9.17) is 19.4 Å². The maximum absolute atomic E-state index is 6.20. The Morgan fingerprint density at radius 3 is 1.80 bits per heavy atom. The summed E-state index contributed by atoms with van der Waals surface area (Å²) in [7, 11) is 0. The molecule has 1 aliphatic carbocycles. The number of rotatable bonds is 4. The first-order valence-electron chi connectivity index (χ1n) is 20.6. The lowest BCUT2D eigenvalue weighted by Crippen LogP contribution is -2.33. The molecule has 4 aromatic heterocycles. The van der Waals surface area contributed by atoms with Gasteiger partial charge in [-0.3, -0.25) is 4.57 Å². The van der Waals surface area contributed by atoms with Crippen LogP contribution in [0, 0.1) is 0 Å². The minimum atomic E-state index is 0.0585. The standard InChI is InChI=1S/C53H41N5O/c1-52(2)27-28-53(3,4)40-31-44-38(30-39(40)52)48-42(57(44)34-17-9-6-10-18-34)24-25-43-47(48)36-20-11-13-21-41(36)58(43)51-55-49(32-15-7-5-8-16-32)54-50(56-51)33-23-26-46-37(29-33)35-19-12-14-22-45(35)59-46/h5-26,29-31H,27-28H2,1-4H3. The molecule has 0 atom stereocenters. The normalized spacial score (nSPS) is 14.9. The number of para-hydroxylation sites is 3. The summed E-state index contributed by atoms with van der Waals surface area (Å²) < 4.78 is 10.9. The van der Waals surface area contributed by atoms with Gasteiger partial charge in [0.2, 0.25) is 5.95 Å². The van der Waals surface area contributed by atoms with Gasteiger partial charge in [0, 0.05) is 49.1 Å². The Balaban J connectivity index is 1.18. The lowest BCUT2D eigenvalue weighted by molar-refractivity contribution is 0.332. The topological polar surface area (TPSA) is 61.7 Å². The molecule has 0 bridgehead atoms. The van der Waals surface area contributed by atoms with Crippen molar-refractivity contribution in [1.82, 2.24) is 24.1 Å². The number of nitrogens with zero attached hydrogens (tertiary/aromatic N) is 5. The highest BCUT2D eigenvalue weighted by atomic mass is 16.3. The summed E-state index contributed by atoms with van der Waals surface area (Å²) in [6.45, 7) is 9.66. The van der Waals surface area contributed by atoms with Gasteiger partial charge in [-0.25, -0.2) is 4.98 Å². The quantitative estimate of drug-likeness (QED) is 0.179. The molecule has 0 saturated heterocycles. The Morgan fingerprint density at radius 2 is 1.03 bits per heavy atom. The van der Waals surface area contributed by atoms with Crippen molar-refractivity contribution in [3.8, 4) is 34.4 Å². The van der Waals surface area contributed by atoms with Crippen molar-refractivity contribution < 1.29 is 4.42 Å². The van der Waals surface area contributed by atoms with Crippen LogP contribution in [0.3, 0.4) is 0 Å². The molecular weight excluding hydrogens is 723 g/mol. The molecule has 1 aliphatic rings. The number of benzene rings is 7. The van der Waals surface area contributed by atoms with E-state index in [0.29, 0.717) is 17.6 Å². The molecule has 4 heterocycles. The zero-order chi connectivity index (χ0) is 39.6. The molecule has 6 heteroatoms. The van der Waals surface area contributed by atoms with Crippen molar-refractivity contribution in [3.63, 3.8) is 0 Å².